The number of hydrogen-bond donors (Lipinski definition) is 1. The van der Waals surface area contributed by atoms with E-state index in [2.05, 4.69) is 14.9 Å². The molecule has 1 N–H and O–H groups in total. The Kier molecular flexibility index (Phi) is 5.85. The van der Waals surface area contributed by atoms with Gasteiger partial charge < -0.3 is 9.30 Å². The molecule has 0 saturated heterocycles. The summed E-state index contributed by atoms with van der Waals surface area (Å²) in [6, 6.07) is -0.108. The summed E-state index contributed by atoms with van der Waals surface area (Å²) < 4.78 is 34.3. The molecular formula is C10H21N5O3S. The van der Waals surface area contributed by atoms with Gasteiger partial charge in [-0.15, -0.1) is 10.2 Å². The Hall–Kier alpha value is -1.03. The number of rotatable bonds is 8. The smallest absolute Gasteiger partial charge is 0.279 e. The van der Waals surface area contributed by atoms with Gasteiger partial charge in [-0.2, -0.15) is 17.4 Å². The molecule has 0 spiro atoms. The van der Waals surface area contributed by atoms with E-state index in [1.165, 1.54) is 11.4 Å². The number of nitrogens with one attached hydrogen (secondary N) is 1. The zero-order valence-corrected chi connectivity index (χ0v) is 12.5. The molecule has 0 fully saturated rings. The van der Waals surface area contributed by atoms with E-state index in [-0.39, 0.29) is 12.6 Å². The Balaban J connectivity index is 2.64. The summed E-state index contributed by atoms with van der Waals surface area (Å²) in [5.74, 6) is 0.554. The van der Waals surface area contributed by atoms with Crippen LogP contribution in [0.25, 0.3) is 0 Å². The second-order valence-electron chi connectivity index (χ2n) is 4.37. The summed E-state index contributed by atoms with van der Waals surface area (Å²) in [4.78, 5) is 0. The minimum atomic E-state index is -3.50. The van der Waals surface area contributed by atoms with E-state index in [4.69, 9.17) is 4.74 Å². The van der Waals surface area contributed by atoms with Crippen molar-refractivity contribution in [2.75, 3.05) is 20.8 Å². The van der Waals surface area contributed by atoms with Gasteiger partial charge in [0.15, 0.2) is 0 Å². The maximum atomic E-state index is 11.9. The quantitative estimate of drug-likeness (QED) is 0.704. The van der Waals surface area contributed by atoms with Gasteiger partial charge in [0, 0.05) is 26.7 Å². The summed E-state index contributed by atoms with van der Waals surface area (Å²) >= 11 is 0. The lowest BCUT2D eigenvalue weighted by Crippen LogP contribution is -2.41. The van der Waals surface area contributed by atoms with Gasteiger partial charge in [0.1, 0.15) is 12.2 Å². The minimum Gasteiger partial charge on any atom is -0.383 e. The standard InChI is InChI=1S/C10H21N5O3S/c1-9(2)14(3)19(16,17)12-7-10-13-11-8-15(10)5-6-18-4/h8-9,12H,5-7H2,1-4H3. The molecule has 1 aromatic heterocycles. The van der Waals surface area contributed by atoms with Crippen LogP contribution < -0.4 is 4.72 Å². The molecule has 0 amide bonds. The Bertz CT molecular complexity index is 485. The van der Waals surface area contributed by atoms with E-state index >= 15 is 0 Å². The van der Waals surface area contributed by atoms with Gasteiger partial charge in [0.25, 0.3) is 10.2 Å². The highest BCUT2D eigenvalue weighted by molar-refractivity contribution is 7.87. The van der Waals surface area contributed by atoms with Crippen LogP contribution in [-0.2, 0) is 28.0 Å². The number of nitrogens with zero attached hydrogens (tertiary/aromatic N) is 4. The highest BCUT2D eigenvalue weighted by Gasteiger charge is 2.20. The Labute approximate surface area is 113 Å². The third-order valence-electron chi connectivity index (χ3n) is 2.75. The molecule has 0 aromatic carbocycles. The lowest BCUT2D eigenvalue weighted by atomic mass is 10.4. The van der Waals surface area contributed by atoms with E-state index in [1.807, 2.05) is 0 Å². The number of ether oxygens (including phenoxy) is 1. The first kappa shape index (κ1) is 16.0. The SMILES string of the molecule is COCCn1cnnc1CNS(=O)(=O)N(C)C(C)C. The monoisotopic (exact) mass is 291 g/mol. The van der Waals surface area contributed by atoms with Crippen molar-refractivity contribution in [3.63, 3.8) is 0 Å². The van der Waals surface area contributed by atoms with E-state index in [1.54, 1.807) is 31.9 Å². The summed E-state index contributed by atoms with van der Waals surface area (Å²) in [5.41, 5.74) is 0. The highest BCUT2D eigenvalue weighted by Crippen LogP contribution is 2.02. The average Bonchev–Trinajstić information content (AvgIpc) is 2.80. The van der Waals surface area contributed by atoms with Crippen LogP contribution in [0.1, 0.15) is 19.7 Å². The fourth-order valence-corrected chi connectivity index (χ4v) is 2.40. The first-order chi connectivity index (χ1) is 8.88. The average molecular weight is 291 g/mol. The fourth-order valence-electron chi connectivity index (χ4n) is 1.33. The maximum absolute atomic E-state index is 11.9. The van der Waals surface area contributed by atoms with Gasteiger partial charge in [-0.1, -0.05) is 0 Å². The molecule has 1 aromatic rings. The Morgan fingerprint density at radius 2 is 2.21 bits per heavy atom. The topological polar surface area (TPSA) is 89.3 Å². The molecule has 9 heteroatoms. The summed E-state index contributed by atoms with van der Waals surface area (Å²) in [7, 11) is -0.370. The van der Waals surface area contributed by atoms with Crippen LogP contribution in [0.3, 0.4) is 0 Å². The largest absolute Gasteiger partial charge is 0.383 e. The molecule has 0 aliphatic rings. The van der Waals surface area contributed by atoms with Crippen LogP contribution in [0.5, 0.6) is 0 Å². The van der Waals surface area contributed by atoms with Crippen molar-refractivity contribution in [2.45, 2.75) is 33.0 Å². The van der Waals surface area contributed by atoms with E-state index < -0.39 is 10.2 Å². The van der Waals surface area contributed by atoms with E-state index in [0.717, 1.165) is 0 Å². The van der Waals surface area contributed by atoms with Crippen molar-refractivity contribution in [2.24, 2.45) is 0 Å². The van der Waals surface area contributed by atoms with Crippen molar-refractivity contribution < 1.29 is 13.2 Å². The first-order valence-electron chi connectivity index (χ1n) is 5.96. The second-order valence-corrected chi connectivity index (χ2v) is 6.18. The second kappa shape index (κ2) is 6.94. The third-order valence-corrected chi connectivity index (χ3v) is 4.44. The van der Waals surface area contributed by atoms with Gasteiger partial charge in [0.2, 0.25) is 0 Å². The summed E-state index contributed by atoms with van der Waals surface area (Å²) in [6.45, 7) is 4.81. The zero-order chi connectivity index (χ0) is 14.5. The third kappa shape index (κ3) is 4.53. The lowest BCUT2D eigenvalue weighted by Gasteiger charge is -2.21. The van der Waals surface area contributed by atoms with Crippen molar-refractivity contribution >= 4 is 10.2 Å². The molecule has 0 aliphatic carbocycles. The molecular weight excluding hydrogens is 270 g/mol. The van der Waals surface area contributed by atoms with Gasteiger partial charge in [-0.25, -0.2) is 0 Å². The molecule has 110 valence electrons. The normalized spacial score (nSPS) is 12.5. The van der Waals surface area contributed by atoms with Gasteiger partial charge in [0.05, 0.1) is 13.2 Å². The van der Waals surface area contributed by atoms with E-state index in [9.17, 15) is 8.42 Å². The predicted octanol–water partition coefficient (Wildman–Crippen LogP) is -0.401. The molecule has 0 radical (unpaired) electrons. The van der Waals surface area contributed by atoms with Gasteiger partial charge >= 0.3 is 0 Å². The van der Waals surface area contributed by atoms with Crippen molar-refractivity contribution in [1.82, 2.24) is 23.8 Å². The molecule has 0 saturated carbocycles. The van der Waals surface area contributed by atoms with Crippen LogP contribution in [0, 0.1) is 0 Å². The molecule has 0 unspecified atom stereocenters. The zero-order valence-electron chi connectivity index (χ0n) is 11.7. The van der Waals surface area contributed by atoms with Crippen LogP contribution in [0.4, 0.5) is 0 Å². The number of hydrogen-bond acceptors (Lipinski definition) is 5. The molecule has 0 bridgehead atoms. The van der Waals surface area contributed by atoms with Crippen LogP contribution in [0.15, 0.2) is 6.33 Å². The predicted molar refractivity (Wildman–Crippen MR) is 70.6 cm³/mol. The lowest BCUT2D eigenvalue weighted by molar-refractivity contribution is 0.186. The molecule has 19 heavy (non-hydrogen) atoms. The first-order valence-corrected chi connectivity index (χ1v) is 7.40. The summed E-state index contributed by atoms with van der Waals surface area (Å²) in [6.07, 6.45) is 1.55. The van der Waals surface area contributed by atoms with Gasteiger partial charge in [-0.05, 0) is 13.8 Å². The molecule has 0 aliphatic heterocycles. The summed E-state index contributed by atoms with van der Waals surface area (Å²) in [5, 5.41) is 7.65. The maximum Gasteiger partial charge on any atom is 0.279 e. The van der Waals surface area contributed by atoms with Crippen LogP contribution in [0.2, 0.25) is 0 Å². The Morgan fingerprint density at radius 3 is 2.79 bits per heavy atom. The van der Waals surface area contributed by atoms with Crippen LogP contribution in [-0.4, -0.2) is 54.3 Å². The van der Waals surface area contributed by atoms with Crippen molar-refractivity contribution in [3.8, 4) is 0 Å². The van der Waals surface area contributed by atoms with Crippen molar-refractivity contribution in [1.29, 1.82) is 0 Å². The molecule has 1 rings (SSSR count). The van der Waals surface area contributed by atoms with Crippen molar-refractivity contribution in [3.05, 3.63) is 12.2 Å². The van der Waals surface area contributed by atoms with Crippen LogP contribution >= 0.6 is 0 Å². The fraction of sp³-hybridized carbons (Fsp3) is 0.800. The molecule has 1 heterocycles. The minimum absolute atomic E-state index is 0.100. The molecule has 0 atom stereocenters. The highest BCUT2D eigenvalue weighted by atomic mass is 32.2. The van der Waals surface area contributed by atoms with E-state index in [0.29, 0.717) is 19.0 Å². The molecule has 8 nitrogen and oxygen atoms in total. The Morgan fingerprint density at radius 1 is 1.53 bits per heavy atom. The van der Waals surface area contributed by atoms with Gasteiger partial charge in [-0.3, -0.25) is 0 Å². The number of methoxy groups -OCH3 is 1. The number of aromatic nitrogens is 3.